The van der Waals surface area contributed by atoms with Crippen molar-refractivity contribution >= 4 is 35.6 Å². The van der Waals surface area contributed by atoms with Crippen LogP contribution >= 0.6 is 24.0 Å². The van der Waals surface area contributed by atoms with Gasteiger partial charge in [-0.15, -0.1) is 24.0 Å². The number of hydrogen-bond acceptors (Lipinski definition) is 4. The average Bonchev–Trinajstić information content (AvgIpc) is 3.52. The zero-order valence-corrected chi connectivity index (χ0v) is 19.5. The standard InChI is InChI=1S/C21H34N4O2.HI/c1-3-22-21(23-11-13-27-16-17-9-10-17)24-18-6-5-12-25(15-18)19-7-4-8-20(14-19)26-2;/h4,7-8,14,17-18H,3,5-6,9-13,15-16H2,1-2H3,(H2,22,23,24);1H. The number of aliphatic imine (C=N–C) groups is 1. The van der Waals surface area contributed by atoms with Gasteiger partial charge in [-0.2, -0.15) is 0 Å². The van der Waals surface area contributed by atoms with Gasteiger partial charge in [0.1, 0.15) is 5.75 Å². The molecular formula is C21H35IN4O2. The van der Waals surface area contributed by atoms with E-state index in [-0.39, 0.29) is 24.0 Å². The fourth-order valence-electron chi connectivity index (χ4n) is 3.41. The molecule has 0 spiro atoms. The third-order valence-corrected chi connectivity index (χ3v) is 5.08. The van der Waals surface area contributed by atoms with Gasteiger partial charge in [-0.25, -0.2) is 0 Å². The summed E-state index contributed by atoms with van der Waals surface area (Å²) in [6, 6.07) is 8.69. The first-order valence-corrected chi connectivity index (χ1v) is 10.3. The van der Waals surface area contributed by atoms with Crippen LogP contribution in [0.15, 0.2) is 29.3 Å². The minimum Gasteiger partial charge on any atom is -0.497 e. The second-order valence-corrected chi connectivity index (χ2v) is 7.41. The van der Waals surface area contributed by atoms with Crippen molar-refractivity contribution < 1.29 is 9.47 Å². The monoisotopic (exact) mass is 502 g/mol. The largest absolute Gasteiger partial charge is 0.497 e. The topological polar surface area (TPSA) is 58.1 Å². The second kappa shape index (κ2) is 12.4. The quantitative estimate of drug-likeness (QED) is 0.235. The van der Waals surface area contributed by atoms with Gasteiger partial charge >= 0.3 is 0 Å². The van der Waals surface area contributed by atoms with Crippen molar-refractivity contribution in [1.29, 1.82) is 0 Å². The maximum absolute atomic E-state index is 5.69. The van der Waals surface area contributed by atoms with Crippen molar-refractivity contribution in [2.75, 3.05) is 51.4 Å². The van der Waals surface area contributed by atoms with E-state index in [1.165, 1.54) is 24.9 Å². The molecule has 2 aliphatic rings. The number of methoxy groups -OCH3 is 1. The van der Waals surface area contributed by atoms with Crippen LogP contribution in [-0.4, -0.2) is 58.5 Å². The Morgan fingerprint density at radius 3 is 2.89 bits per heavy atom. The van der Waals surface area contributed by atoms with Gasteiger partial charge in [0.15, 0.2) is 5.96 Å². The molecule has 1 unspecified atom stereocenters. The highest BCUT2D eigenvalue weighted by atomic mass is 127. The number of piperidine rings is 1. The Morgan fingerprint density at radius 1 is 1.29 bits per heavy atom. The van der Waals surface area contributed by atoms with Crippen LogP contribution in [0.2, 0.25) is 0 Å². The smallest absolute Gasteiger partial charge is 0.191 e. The molecule has 0 aromatic heterocycles. The molecule has 3 rings (SSSR count). The van der Waals surface area contributed by atoms with E-state index in [4.69, 9.17) is 9.47 Å². The minimum atomic E-state index is 0. The van der Waals surface area contributed by atoms with E-state index in [1.54, 1.807) is 7.11 Å². The van der Waals surface area contributed by atoms with Crippen LogP contribution in [-0.2, 0) is 4.74 Å². The summed E-state index contributed by atoms with van der Waals surface area (Å²) in [6.07, 6.45) is 4.99. The van der Waals surface area contributed by atoms with Crippen molar-refractivity contribution in [1.82, 2.24) is 10.6 Å². The number of hydrogen-bond donors (Lipinski definition) is 2. The molecule has 7 heteroatoms. The molecule has 0 amide bonds. The van der Waals surface area contributed by atoms with Crippen LogP contribution < -0.4 is 20.3 Å². The van der Waals surface area contributed by atoms with E-state index < -0.39 is 0 Å². The van der Waals surface area contributed by atoms with Crippen molar-refractivity contribution in [2.45, 2.75) is 38.6 Å². The van der Waals surface area contributed by atoms with Gasteiger partial charge in [0.2, 0.25) is 0 Å². The van der Waals surface area contributed by atoms with Crippen molar-refractivity contribution in [3.8, 4) is 5.75 Å². The lowest BCUT2D eigenvalue weighted by Crippen LogP contribution is -2.51. The van der Waals surface area contributed by atoms with Gasteiger partial charge in [-0.05, 0) is 50.7 Å². The Kier molecular flexibility index (Phi) is 10.2. The summed E-state index contributed by atoms with van der Waals surface area (Å²) in [4.78, 5) is 7.10. The van der Waals surface area contributed by atoms with Gasteiger partial charge in [-0.3, -0.25) is 4.99 Å². The maximum atomic E-state index is 5.69. The number of ether oxygens (including phenoxy) is 2. The summed E-state index contributed by atoms with van der Waals surface area (Å²) < 4.78 is 11.1. The van der Waals surface area contributed by atoms with Crippen LogP contribution in [0.1, 0.15) is 32.6 Å². The van der Waals surface area contributed by atoms with Crippen LogP contribution in [0.25, 0.3) is 0 Å². The molecular weight excluding hydrogens is 467 g/mol. The van der Waals surface area contributed by atoms with E-state index in [0.717, 1.165) is 50.3 Å². The van der Waals surface area contributed by atoms with Crippen molar-refractivity contribution in [3.63, 3.8) is 0 Å². The van der Waals surface area contributed by atoms with E-state index in [2.05, 4.69) is 45.6 Å². The van der Waals surface area contributed by atoms with E-state index in [0.29, 0.717) is 19.2 Å². The number of rotatable bonds is 9. The summed E-state index contributed by atoms with van der Waals surface area (Å²) in [6.45, 7) is 7.31. The summed E-state index contributed by atoms with van der Waals surface area (Å²) in [5.41, 5.74) is 1.22. The summed E-state index contributed by atoms with van der Waals surface area (Å²) in [7, 11) is 1.72. The van der Waals surface area contributed by atoms with Gasteiger partial charge in [-0.1, -0.05) is 6.07 Å². The summed E-state index contributed by atoms with van der Waals surface area (Å²) >= 11 is 0. The molecule has 1 aromatic carbocycles. The Morgan fingerprint density at radius 2 is 2.14 bits per heavy atom. The van der Waals surface area contributed by atoms with Crippen molar-refractivity contribution in [2.24, 2.45) is 10.9 Å². The highest BCUT2D eigenvalue weighted by molar-refractivity contribution is 14.0. The third kappa shape index (κ3) is 7.66. The summed E-state index contributed by atoms with van der Waals surface area (Å²) in [5.74, 6) is 2.61. The van der Waals surface area contributed by atoms with Crippen LogP contribution in [0, 0.1) is 5.92 Å². The lowest BCUT2D eigenvalue weighted by molar-refractivity contribution is 0.131. The van der Waals surface area contributed by atoms with Gasteiger partial charge in [0.05, 0.1) is 20.3 Å². The first kappa shape index (κ1) is 23.1. The number of nitrogens with zero attached hydrogens (tertiary/aromatic N) is 2. The molecule has 1 heterocycles. The number of benzene rings is 1. The minimum absolute atomic E-state index is 0. The Balaban J connectivity index is 0.00000280. The lowest BCUT2D eigenvalue weighted by atomic mass is 10.0. The molecule has 0 bridgehead atoms. The molecule has 2 fully saturated rings. The van der Waals surface area contributed by atoms with Gasteiger partial charge < -0.3 is 25.0 Å². The zero-order chi connectivity index (χ0) is 18.9. The predicted octanol–water partition coefficient (Wildman–Crippen LogP) is 3.26. The lowest BCUT2D eigenvalue weighted by Gasteiger charge is -2.35. The van der Waals surface area contributed by atoms with Crippen LogP contribution in [0.4, 0.5) is 5.69 Å². The van der Waals surface area contributed by atoms with Crippen LogP contribution in [0.5, 0.6) is 5.75 Å². The third-order valence-electron chi connectivity index (χ3n) is 5.08. The predicted molar refractivity (Wildman–Crippen MR) is 126 cm³/mol. The van der Waals surface area contributed by atoms with Crippen molar-refractivity contribution in [3.05, 3.63) is 24.3 Å². The molecule has 1 aliphatic heterocycles. The second-order valence-electron chi connectivity index (χ2n) is 7.41. The molecule has 1 aromatic rings. The molecule has 1 saturated carbocycles. The molecule has 1 aliphatic carbocycles. The molecule has 1 atom stereocenters. The zero-order valence-electron chi connectivity index (χ0n) is 17.2. The number of guanidine groups is 1. The van der Waals surface area contributed by atoms with E-state index >= 15 is 0 Å². The first-order valence-electron chi connectivity index (χ1n) is 10.3. The molecule has 2 N–H and O–H groups in total. The first-order chi connectivity index (χ1) is 13.3. The molecule has 0 radical (unpaired) electrons. The average molecular weight is 502 g/mol. The highest BCUT2D eigenvalue weighted by Gasteiger charge is 2.22. The van der Waals surface area contributed by atoms with Crippen LogP contribution in [0.3, 0.4) is 0 Å². The number of halogens is 1. The van der Waals surface area contributed by atoms with E-state index in [1.807, 2.05) is 6.07 Å². The summed E-state index contributed by atoms with van der Waals surface area (Å²) in [5, 5.41) is 6.97. The normalized spacial score (nSPS) is 19.7. The molecule has 6 nitrogen and oxygen atoms in total. The fraction of sp³-hybridized carbons (Fsp3) is 0.667. The number of anilines is 1. The fourth-order valence-corrected chi connectivity index (χ4v) is 3.41. The van der Waals surface area contributed by atoms with Gasteiger partial charge in [0, 0.05) is 44.0 Å². The Hall–Kier alpha value is -1.22. The Labute approximate surface area is 186 Å². The molecule has 1 saturated heterocycles. The SMILES string of the molecule is CCNC(=NCCOCC1CC1)NC1CCCN(c2cccc(OC)c2)C1.I. The van der Waals surface area contributed by atoms with E-state index in [9.17, 15) is 0 Å². The number of nitrogens with one attached hydrogen (secondary N) is 2. The highest BCUT2D eigenvalue weighted by Crippen LogP contribution is 2.28. The Bertz CT molecular complexity index is 610. The molecule has 158 valence electrons. The van der Waals surface area contributed by atoms with Gasteiger partial charge in [0.25, 0.3) is 0 Å². The maximum Gasteiger partial charge on any atom is 0.191 e. The molecule has 28 heavy (non-hydrogen) atoms.